The molecule has 35 heavy (non-hydrogen) atoms. The monoisotopic (exact) mass is 529 g/mol. The summed E-state index contributed by atoms with van der Waals surface area (Å²) in [5.74, 6) is 0.937. The molecule has 1 amide bonds. The van der Waals surface area contributed by atoms with Gasteiger partial charge in [0, 0.05) is 34.4 Å². The van der Waals surface area contributed by atoms with Gasteiger partial charge in [0.1, 0.15) is 17.7 Å². The molecule has 0 radical (unpaired) electrons. The van der Waals surface area contributed by atoms with Crippen LogP contribution in [0.5, 0.6) is 0 Å². The number of hydrogen-bond acceptors (Lipinski definition) is 6. The molecule has 5 rings (SSSR count). The highest BCUT2D eigenvalue weighted by Gasteiger charge is 2.39. The molecule has 0 unspecified atom stereocenters. The van der Waals surface area contributed by atoms with Crippen LogP contribution in [0.2, 0.25) is 15.1 Å². The van der Waals surface area contributed by atoms with E-state index in [0.29, 0.717) is 69.4 Å². The molecule has 3 heterocycles. The molecule has 0 aliphatic carbocycles. The van der Waals surface area contributed by atoms with Crippen molar-refractivity contribution in [1.82, 2.24) is 24.8 Å². The van der Waals surface area contributed by atoms with Gasteiger partial charge in [0.15, 0.2) is 17.0 Å². The normalized spacial score (nSPS) is 15.5. The Kier molecular flexibility index (Phi) is 6.31. The molecule has 1 saturated heterocycles. The van der Waals surface area contributed by atoms with Gasteiger partial charge < -0.3 is 16.0 Å². The van der Waals surface area contributed by atoms with Crippen molar-refractivity contribution in [2.45, 2.75) is 18.4 Å². The Morgan fingerprint density at radius 2 is 1.71 bits per heavy atom. The van der Waals surface area contributed by atoms with E-state index in [-0.39, 0.29) is 5.91 Å². The fourth-order valence-corrected chi connectivity index (χ4v) is 5.14. The molecule has 0 saturated carbocycles. The number of imidazole rings is 1. The van der Waals surface area contributed by atoms with Gasteiger partial charge in [-0.25, -0.2) is 15.0 Å². The molecular weight excluding hydrogens is 509 g/mol. The van der Waals surface area contributed by atoms with Crippen LogP contribution in [0.1, 0.15) is 12.8 Å². The summed E-state index contributed by atoms with van der Waals surface area (Å²) in [6.07, 6.45) is 2.63. The van der Waals surface area contributed by atoms with Gasteiger partial charge in [0.05, 0.1) is 5.02 Å². The summed E-state index contributed by atoms with van der Waals surface area (Å²) < 4.78 is 1.93. The lowest BCUT2D eigenvalue weighted by Crippen LogP contribution is -2.59. The van der Waals surface area contributed by atoms with Crippen molar-refractivity contribution in [3.05, 3.63) is 63.9 Å². The molecule has 8 nitrogen and oxygen atoms in total. The maximum absolute atomic E-state index is 12.1. The van der Waals surface area contributed by atoms with Crippen LogP contribution in [0.25, 0.3) is 28.2 Å². The van der Waals surface area contributed by atoms with E-state index in [4.69, 9.17) is 45.5 Å². The minimum absolute atomic E-state index is 0.348. The Balaban J connectivity index is 1.66. The predicted molar refractivity (Wildman–Crippen MR) is 140 cm³/mol. The number of nitrogens with two attached hydrogens (primary N) is 1. The van der Waals surface area contributed by atoms with E-state index in [2.05, 4.69) is 20.2 Å². The van der Waals surface area contributed by atoms with Gasteiger partial charge in [-0.2, -0.15) is 0 Å². The van der Waals surface area contributed by atoms with E-state index in [1.165, 1.54) is 6.33 Å². The van der Waals surface area contributed by atoms with E-state index < -0.39 is 5.54 Å². The number of benzene rings is 2. The van der Waals surface area contributed by atoms with Gasteiger partial charge in [0.25, 0.3) is 0 Å². The number of carbonyl (C=O) groups is 1. The summed E-state index contributed by atoms with van der Waals surface area (Å²) in [5.41, 5.74) is 7.73. The van der Waals surface area contributed by atoms with E-state index in [0.717, 1.165) is 5.69 Å². The standard InChI is InChI=1S/C24H22Cl3N7O/c1-29-24(23(28)35)8-10-33(11-9-24)21-19-22(31-13-30-21)34(16-5-2-14(25)3-6-16)20(32-19)17-7-4-15(26)12-18(17)27/h2-7,12-13,29H,8-11H2,1H3,(H2,28,35). The van der Waals surface area contributed by atoms with E-state index in [1.54, 1.807) is 19.2 Å². The SMILES string of the molecule is CNC1(C(N)=O)CCN(c2ncnc3c2nc(-c2ccc(Cl)cc2Cl)n3-c2ccc(Cl)cc2)CC1. The minimum Gasteiger partial charge on any atom is -0.368 e. The maximum Gasteiger partial charge on any atom is 0.237 e. The number of hydrogen-bond donors (Lipinski definition) is 2. The van der Waals surface area contributed by atoms with Crippen LogP contribution in [-0.2, 0) is 4.79 Å². The van der Waals surface area contributed by atoms with E-state index >= 15 is 0 Å². The lowest BCUT2D eigenvalue weighted by molar-refractivity contribution is -0.125. The Morgan fingerprint density at radius 3 is 2.34 bits per heavy atom. The second-order valence-electron chi connectivity index (χ2n) is 8.42. The number of aromatic nitrogens is 4. The molecule has 2 aromatic heterocycles. The van der Waals surface area contributed by atoms with Gasteiger partial charge >= 0.3 is 0 Å². The lowest BCUT2D eigenvalue weighted by atomic mass is 9.87. The molecule has 0 atom stereocenters. The summed E-state index contributed by atoms with van der Waals surface area (Å²) >= 11 is 18.9. The largest absolute Gasteiger partial charge is 0.368 e. The predicted octanol–water partition coefficient (Wildman–Crippen LogP) is 4.49. The summed E-state index contributed by atoms with van der Waals surface area (Å²) in [7, 11) is 1.76. The van der Waals surface area contributed by atoms with Gasteiger partial charge in [-0.3, -0.25) is 9.36 Å². The number of carbonyl (C=O) groups excluding carboxylic acids is 1. The number of nitrogens with one attached hydrogen (secondary N) is 1. The van der Waals surface area contributed by atoms with Crippen LogP contribution in [0.4, 0.5) is 5.82 Å². The van der Waals surface area contributed by atoms with Crippen molar-refractivity contribution in [2.75, 3.05) is 25.0 Å². The second kappa shape index (κ2) is 9.28. The minimum atomic E-state index is -0.729. The summed E-state index contributed by atoms with van der Waals surface area (Å²) in [6, 6.07) is 12.7. The van der Waals surface area contributed by atoms with Gasteiger partial charge in [-0.1, -0.05) is 34.8 Å². The Bertz CT molecular complexity index is 1410. The zero-order chi connectivity index (χ0) is 24.7. The maximum atomic E-state index is 12.1. The average molecular weight is 531 g/mol. The molecule has 11 heteroatoms. The molecule has 4 aromatic rings. The average Bonchev–Trinajstić information content (AvgIpc) is 3.24. The van der Waals surface area contributed by atoms with Crippen molar-refractivity contribution in [3.8, 4) is 17.1 Å². The van der Waals surface area contributed by atoms with Gasteiger partial charge in [0.2, 0.25) is 5.91 Å². The van der Waals surface area contributed by atoms with Crippen LogP contribution in [-0.4, -0.2) is 51.1 Å². The third-order valence-electron chi connectivity index (χ3n) is 6.55. The third-order valence-corrected chi connectivity index (χ3v) is 7.35. The highest BCUT2D eigenvalue weighted by atomic mass is 35.5. The lowest BCUT2D eigenvalue weighted by Gasteiger charge is -2.39. The van der Waals surface area contributed by atoms with Crippen molar-refractivity contribution in [3.63, 3.8) is 0 Å². The number of amides is 1. The zero-order valence-corrected chi connectivity index (χ0v) is 21.1. The molecule has 2 aromatic carbocycles. The molecule has 1 aliphatic heterocycles. The van der Waals surface area contributed by atoms with E-state index in [9.17, 15) is 4.79 Å². The Morgan fingerprint density at radius 1 is 1.03 bits per heavy atom. The van der Waals surface area contributed by atoms with E-state index in [1.807, 2.05) is 34.9 Å². The number of fused-ring (bicyclic) bond motifs is 1. The Labute approximate surface area is 217 Å². The second-order valence-corrected chi connectivity index (χ2v) is 9.70. The molecule has 0 spiro atoms. The van der Waals surface area contributed by atoms with Crippen molar-refractivity contribution < 1.29 is 4.79 Å². The van der Waals surface area contributed by atoms with Crippen LogP contribution >= 0.6 is 34.8 Å². The van der Waals surface area contributed by atoms with Crippen LogP contribution in [0.15, 0.2) is 48.8 Å². The van der Waals surface area contributed by atoms with Crippen molar-refractivity contribution >= 4 is 57.7 Å². The smallest absolute Gasteiger partial charge is 0.237 e. The highest BCUT2D eigenvalue weighted by molar-refractivity contribution is 6.36. The number of halogens is 3. The summed E-state index contributed by atoms with van der Waals surface area (Å²) in [6.45, 7) is 1.17. The molecule has 0 bridgehead atoms. The fraction of sp³-hybridized carbons (Fsp3) is 0.250. The van der Waals surface area contributed by atoms with Crippen LogP contribution in [0.3, 0.4) is 0 Å². The highest BCUT2D eigenvalue weighted by Crippen LogP contribution is 2.36. The number of likely N-dealkylation sites (N-methyl/N-ethyl adjacent to an activating group) is 1. The molecule has 3 N–H and O–H groups in total. The third kappa shape index (κ3) is 4.21. The topological polar surface area (TPSA) is 102 Å². The molecular formula is C24H22Cl3N7O. The van der Waals surface area contributed by atoms with Gasteiger partial charge in [-0.15, -0.1) is 0 Å². The fourth-order valence-electron chi connectivity index (χ4n) is 4.52. The first kappa shape index (κ1) is 23.8. The molecule has 1 fully saturated rings. The quantitative estimate of drug-likeness (QED) is 0.394. The van der Waals surface area contributed by atoms with Crippen molar-refractivity contribution in [1.29, 1.82) is 0 Å². The van der Waals surface area contributed by atoms with Crippen LogP contribution < -0.4 is 16.0 Å². The first-order valence-electron chi connectivity index (χ1n) is 11.0. The number of primary amides is 1. The first-order valence-corrected chi connectivity index (χ1v) is 12.1. The summed E-state index contributed by atoms with van der Waals surface area (Å²) in [4.78, 5) is 28.3. The number of nitrogens with zero attached hydrogens (tertiary/aromatic N) is 5. The number of rotatable bonds is 5. The summed E-state index contributed by atoms with van der Waals surface area (Å²) in [5, 5.41) is 4.73. The van der Waals surface area contributed by atoms with Crippen LogP contribution in [0, 0.1) is 0 Å². The Hall–Kier alpha value is -2.91. The first-order chi connectivity index (χ1) is 16.8. The molecule has 1 aliphatic rings. The zero-order valence-electron chi connectivity index (χ0n) is 18.8. The van der Waals surface area contributed by atoms with Crippen molar-refractivity contribution in [2.24, 2.45) is 5.73 Å². The number of anilines is 1. The van der Waals surface area contributed by atoms with Gasteiger partial charge in [-0.05, 0) is 62.4 Å². The molecule has 180 valence electrons. The number of piperidine rings is 1.